The number of ether oxygens (including phenoxy) is 1. The van der Waals surface area contributed by atoms with E-state index >= 15 is 0 Å². The summed E-state index contributed by atoms with van der Waals surface area (Å²) in [7, 11) is 0. The van der Waals surface area contributed by atoms with Gasteiger partial charge in [0.05, 0.1) is 17.2 Å². The molecule has 94 valence electrons. The van der Waals surface area contributed by atoms with Crippen LogP contribution in [-0.4, -0.2) is 21.9 Å². The van der Waals surface area contributed by atoms with Gasteiger partial charge in [0.25, 0.3) is 0 Å². The highest BCUT2D eigenvalue weighted by Crippen LogP contribution is 2.29. The quantitative estimate of drug-likeness (QED) is 0.813. The van der Waals surface area contributed by atoms with E-state index in [4.69, 9.17) is 16.3 Å². The molecule has 0 unspecified atom stereocenters. The van der Waals surface area contributed by atoms with Gasteiger partial charge in [-0.1, -0.05) is 17.7 Å². The number of carbonyl (C=O) groups is 1. The van der Waals surface area contributed by atoms with Crippen LogP contribution in [0.25, 0.3) is 11.4 Å². The number of esters is 1. The van der Waals surface area contributed by atoms with Gasteiger partial charge in [0, 0.05) is 0 Å². The van der Waals surface area contributed by atoms with Gasteiger partial charge in [0.2, 0.25) is 5.01 Å². The van der Waals surface area contributed by atoms with Crippen LogP contribution in [0.1, 0.15) is 16.7 Å². The number of benzene rings is 1. The fraction of sp³-hybridized carbons (Fsp3) is 0.182. The van der Waals surface area contributed by atoms with Crippen LogP contribution < -0.4 is 0 Å². The lowest BCUT2D eigenvalue weighted by molar-refractivity contribution is 0.0526. The van der Waals surface area contributed by atoms with Crippen LogP contribution in [0.3, 0.4) is 0 Å². The maximum atomic E-state index is 13.6. The summed E-state index contributed by atoms with van der Waals surface area (Å²) in [5.41, 5.74) is 0.0889. The third-order valence-electron chi connectivity index (χ3n) is 2.06. The Labute approximate surface area is 112 Å². The summed E-state index contributed by atoms with van der Waals surface area (Å²) in [5, 5.41) is 0.273. The summed E-state index contributed by atoms with van der Waals surface area (Å²) in [6.45, 7) is 1.93. The normalized spacial score (nSPS) is 10.4. The van der Waals surface area contributed by atoms with Crippen molar-refractivity contribution in [3.05, 3.63) is 34.0 Å². The minimum absolute atomic E-state index is 0.0752. The van der Waals surface area contributed by atoms with Gasteiger partial charge in [-0.15, -0.1) is 0 Å². The van der Waals surface area contributed by atoms with Gasteiger partial charge in [-0.25, -0.2) is 14.2 Å². The van der Waals surface area contributed by atoms with Crippen molar-refractivity contribution < 1.29 is 13.9 Å². The van der Waals surface area contributed by atoms with Crippen LogP contribution in [0.5, 0.6) is 0 Å². The summed E-state index contributed by atoms with van der Waals surface area (Å²) in [6.07, 6.45) is 0. The van der Waals surface area contributed by atoms with Crippen molar-refractivity contribution in [2.24, 2.45) is 0 Å². The lowest BCUT2D eigenvalue weighted by atomic mass is 10.2. The van der Waals surface area contributed by atoms with Crippen LogP contribution in [-0.2, 0) is 4.74 Å². The first-order valence-electron chi connectivity index (χ1n) is 5.08. The Kier molecular flexibility index (Phi) is 3.88. The number of nitrogens with zero attached hydrogens (tertiary/aromatic N) is 2. The lowest BCUT2D eigenvalue weighted by Crippen LogP contribution is -2.03. The van der Waals surface area contributed by atoms with Crippen LogP contribution in [0.2, 0.25) is 5.02 Å². The highest BCUT2D eigenvalue weighted by Gasteiger charge is 2.18. The molecule has 2 rings (SSSR count). The molecule has 0 aliphatic carbocycles. The van der Waals surface area contributed by atoms with Crippen molar-refractivity contribution in [3.8, 4) is 11.4 Å². The second kappa shape index (κ2) is 5.41. The van der Waals surface area contributed by atoms with Gasteiger partial charge < -0.3 is 4.74 Å². The Morgan fingerprint density at radius 1 is 1.56 bits per heavy atom. The van der Waals surface area contributed by atoms with Crippen molar-refractivity contribution in [3.63, 3.8) is 0 Å². The Morgan fingerprint density at radius 3 is 3.00 bits per heavy atom. The standard InChI is InChI=1S/C11H8ClFN2O2S/c1-2-17-11(16)10-14-9(15-18-10)8-6(12)4-3-5-7(8)13/h3-5H,2H2,1H3. The molecule has 0 fully saturated rings. The van der Waals surface area contributed by atoms with Crippen molar-refractivity contribution in [1.82, 2.24) is 9.36 Å². The summed E-state index contributed by atoms with van der Waals surface area (Å²) >= 11 is 6.73. The van der Waals surface area contributed by atoms with Gasteiger partial charge >= 0.3 is 5.97 Å². The van der Waals surface area contributed by atoms with E-state index < -0.39 is 11.8 Å². The van der Waals surface area contributed by atoms with E-state index in [1.54, 1.807) is 6.92 Å². The third kappa shape index (κ3) is 2.49. The smallest absolute Gasteiger partial charge is 0.369 e. The van der Waals surface area contributed by atoms with Crippen molar-refractivity contribution >= 4 is 29.1 Å². The molecule has 0 saturated carbocycles. The maximum Gasteiger partial charge on any atom is 0.369 e. The zero-order valence-electron chi connectivity index (χ0n) is 9.31. The molecule has 1 heterocycles. The summed E-state index contributed by atoms with van der Waals surface area (Å²) < 4.78 is 22.3. The molecule has 2 aromatic rings. The molecule has 0 aliphatic heterocycles. The molecule has 1 aromatic carbocycles. The van der Waals surface area contributed by atoms with E-state index in [1.165, 1.54) is 18.2 Å². The van der Waals surface area contributed by atoms with E-state index in [0.717, 1.165) is 11.5 Å². The average Bonchev–Trinajstić information content (AvgIpc) is 2.78. The van der Waals surface area contributed by atoms with Crippen molar-refractivity contribution in [1.29, 1.82) is 0 Å². The Balaban J connectivity index is 2.38. The Hall–Kier alpha value is -1.53. The molecule has 0 N–H and O–H groups in total. The largest absolute Gasteiger partial charge is 0.461 e. The SMILES string of the molecule is CCOC(=O)c1nc(-c2c(F)cccc2Cl)ns1. The predicted octanol–water partition coefficient (Wildman–Crippen LogP) is 3.17. The highest BCUT2D eigenvalue weighted by molar-refractivity contribution is 7.07. The Morgan fingerprint density at radius 2 is 2.33 bits per heavy atom. The molecular formula is C11H8ClFN2O2S. The molecule has 0 radical (unpaired) electrons. The van der Waals surface area contributed by atoms with Crippen molar-refractivity contribution in [2.75, 3.05) is 6.61 Å². The van der Waals surface area contributed by atoms with Gasteiger partial charge in [0.1, 0.15) is 5.82 Å². The number of hydrogen-bond acceptors (Lipinski definition) is 5. The number of carbonyl (C=O) groups excluding carboxylic acids is 1. The molecule has 1 aromatic heterocycles. The number of halogens is 2. The van der Waals surface area contributed by atoms with Gasteiger partial charge in [-0.3, -0.25) is 0 Å². The minimum Gasteiger partial charge on any atom is -0.461 e. The zero-order valence-corrected chi connectivity index (χ0v) is 10.9. The summed E-state index contributed by atoms with van der Waals surface area (Å²) in [4.78, 5) is 15.3. The molecule has 18 heavy (non-hydrogen) atoms. The average molecular weight is 287 g/mol. The second-order valence-corrected chi connectivity index (χ2v) is 4.40. The topological polar surface area (TPSA) is 52.1 Å². The first-order chi connectivity index (χ1) is 8.63. The number of hydrogen-bond donors (Lipinski definition) is 0. The molecule has 0 aliphatic rings. The van der Waals surface area contributed by atoms with Gasteiger partial charge in [-0.05, 0) is 30.6 Å². The van der Waals surface area contributed by atoms with Crippen LogP contribution in [0.15, 0.2) is 18.2 Å². The van der Waals surface area contributed by atoms with E-state index in [-0.39, 0.29) is 28.0 Å². The summed E-state index contributed by atoms with van der Waals surface area (Å²) in [5.74, 6) is -1.02. The fourth-order valence-corrected chi connectivity index (χ4v) is 2.13. The first kappa shape index (κ1) is 12.9. The first-order valence-corrected chi connectivity index (χ1v) is 6.23. The van der Waals surface area contributed by atoms with Gasteiger partial charge in [-0.2, -0.15) is 4.37 Å². The van der Waals surface area contributed by atoms with Crippen LogP contribution in [0.4, 0.5) is 4.39 Å². The van der Waals surface area contributed by atoms with Crippen molar-refractivity contribution in [2.45, 2.75) is 6.92 Å². The molecule has 0 atom stereocenters. The molecular weight excluding hydrogens is 279 g/mol. The highest BCUT2D eigenvalue weighted by atomic mass is 35.5. The van der Waals surface area contributed by atoms with E-state index in [1.807, 2.05) is 0 Å². The van der Waals surface area contributed by atoms with Crippen LogP contribution >= 0.6 is 23.1 Å². The van der Waals surface area contributed by atoms with Crippen LogP contribution in [0, 0.1) is 5.82 Å². The third-order valence-corrected chi connectivity index (χ3v) is 3.07. The molecule has 0 saturated heterocycles. The number of aromatic nitrogens is 2. The van der Waals surface area contributed by atoms with E-state index in [2.05, 4.69) is 9.36 Å². The number of rotatable bonds is 3. The van der Waals surface area contributed by atoms with Gasteiger partial charge in [0.15, 0.2) is 5.82 Å². The zero-order chi connectivity index (χ0) is 13.1. The summed E-state index contributed by atoms with van der Waals surface area (Å²) in [6, 6.07) is 4.27. The Bertz CT molecular complexity index is 568. The lowest BCUT2D eigenvalue weighted by Gasteiger charge is -2.00. The van der Waals surface area contributed by atoms with E-state index in [0.29, 0.717) is 0 Å². The molecule has 0 spiro atoms. The molecule has 0 amide bonds. The second-order valence-electron chi connectivity index (χ2n) is 3.24. The minimum atomic E-state index is -0.575. The predicted molar refractivity (Wildman–Crippen MR) is 66.3 cm³/mol. The molecule has 0 bridgehead atoms. The molecule has 4 nitrogen and oxygen atoms in total. The monoisotopic (exact) mass is 286 g/mol. The molecule has 7 heteroatoms. The fourth-order valence-electron chi connectivity index (χ4n) is 1.31. The maximum absolute atomic E-state index is 13.6. The van der Waals surface area contributed by atoms with E-state index in [9.17, 15) is 9.18 Å².